The van der Waals surface area contributed by atoms with Crippen molar-refractivity contribution in [3.63, 3.8) is 0 Å². The van der Waals surface area contributed by atoms with Crippen molar-refractivity contribution in [1.29, 1.82) is 0 Å². The van der Waals surface area contributed by atoms with E-state index in [2.05, 4.69) is 9.72 Å². The van der Waals surface area contributed by atoms with Crippen LogP contribution in [-0.2, 0) is 38.6 Å². The molecule has 0 spiro atoms. The van der Waals surface area contributed by atoms with E-state index in [0.29, 0.717) is 34.7 Å². The number of halogens is 3. The van der Waals surface area contributed by atoms with Crippen molar-refractivity contribution >= 4 is 23.5 Å². The number of nitrogens with two attached hydrogens (primary N) is 1. The number of nitrogens with zero attached hydrogens (tertiary/aromatic N) is 3. The lowest BCUT2D eigenvalue weighted by Crippen LogP contribution is -2.52. The first-order valence-electron chi connectivity index (χ1n) is 13.1. The van der Waals surface area contributed by atoms with Crippen LogP contribution in [0.15, 0.2) is 85.2 Å². The van der Waals surface area contributed by atoms with Gasteiger partial charge in [0.05, 0.1) is 24.5 Å². The van der Waals surface area contributed by atoms with Gasteiger partial charge in [-0.15, -0.1) is 0 Å². The summed E-state index contributed by atoms with van der Waals surface area (Å²) >= 11 is 0. The molecule has 0 saturated carbocycles. The van der Waals surface area contributed by atoms with E-state index in [1.807, 2.05) is 19.1 Å². The Labute approximate surface area is 239 Å². The fraction of sp³-hybridized carbons (Fsp3) is 0.226. The van der Waals surface area contributed by atoms with E-state index in [4.69, 9.17) is 5.73 Å². The monoisotopic (exact) mass is 576 g/mol. The highest BCUT2D eigenvalue weighted by atomic mass is 19.4. The number of fused-ring (bicyclic) bond motifs is 1. The van der Waals surface area contributed by atoms with Crippen molar-refractivity contribution in [1.82, 2.24) is 14.5 Å². The van der Waals surface area contributed by atoms with Crippen LogP contribution in [0.4, 0.5) is 18.9 Å². The second kappa shape index (κ2) is 11.5. The molecule has 0 unspecified atom stereocenters. The molecule has 1 aromatic heterocycles. The van der Waals surface area contributed by atoms with Crippen LogP contribution in [0, 0.1) is 6.92 Å². The summed E-state index contributed by atoms with van der Waals surface area (Å²) in [5.41, 5.74) is 10.6. The fourth-order valence-corrected chi connectivity index (χ4v) is 5.14. The minimum Gasteiger partial charge on any atom is -0.399 e. The normalized spacial score (nSPS) is 14.9. The highest BCUT2D eigenvalue weighted by Gasteiger charge is 2.46. The quantitative estimate of drug-likeness (QED) is 0.205. The van der Waals surface area contributed by atoms with E-state index in [9.17, 15) is 27.6 Å². The topological polar surface area (TPSA) is 108 Å². The zero-order chi connectivity index (χ0) is 30.0. The minimum atomic E-state index is -5.38. The lowest BCUT2D eigenvalue weighted by Gasteiger charge is -2.36. The molecule has 11 heteroatoms. The van der Waals surface area contributed by atoms with Crippen LogP contribution in [0.25, 0.3) is 0 Å². The van der Waals surface area contributed by atoms with Crippen molar-refractivity contribution < 1.29 is 32.3 Å². The number of aromatic nitrogens is 2. The maximum Gasteiger partial charge on any atom is 0.491 e. The van der Waals surface area contributed by atoms with E-state index >= 15 is 0 Å². The number of hydrogen-bond donors (Lipinski definition) is 1. The smallest absolute Gasteiger partial charge is 0.399 e. The summed E-state index contributed by atoms with van der Waals surface area (Å²) < 4.78 is 45.1. The van der Waals surface area contributed by atoms with Crippen molar-refractivity contribution in [2.75, 3.05) is 5.73 Å². The van der Waals surface area contributed by atoms with Gasteiger partial charge < -0.3 is 19.9 Å². The van der Waals surface area contributed by atoms with E-state index in [1.165, 1.54) is 0 Å². The summed E-state index contributed by atoms with van der Waals surface area (Å²) in [6.45, 7) is 2.04. The molecule has 216 valence electrons. The highest BCUT2D eigenvalue weighted by Crippen LogP contribution is 2.32. The Morgan fingerprint density at radius 3 is 2.19 bits per heavy atom. The molecule has 2 heterocycles. The molecule has 1 aliphatic heterocycles. The number of benzene rings is 3. The standard InChI is InChI=1S/C31H27F3N4O4/c1-19-14-20(12-13-23(19)35)16-37-18-36-24-17-38(26(15-25(24)37)29(40)42-30(41)31(32,33)34)28(39)27(21-8-4-2-5-9-21)22-10-6-3-7-11-22/h2-14,18,26-27H,15-17,35H2,1H3/t26-/m0/s1. The van der Waals surface area contributed by atoms with Crippen LogP contribution in [0.1, 0.15) is 39.6 Å². The number of rotatable bonds is 6. The number of ether oxygens (including phenoxy) is 1. The fourth-order valence-electron chi connectivity index (χ4n) is 5.14. The molecule has 5 rings (SSSR count). The molecule has 0 saturated heterocycles. The average Bonchev–Trinajstić information content (AvgIpc) is 3.36. The zero-order valence-corrected chi connectivity index (χ0v) is 22.5. The van der Waals surface area contributed by atoms with Crippen molar-refractivity contribution in [3.8, 4) is 0 Å². The molecule has 1 amide bonds. The number of imidazole rings is 1. The SMILES string of the molecule is Cc1cc(Cn2cnc3c2C[C@@H](C(=O)OC(=O)C(F)(F)F)N(C(=O)C(c2ccccc2)c2ccccc2)C3)ccc1N. The van der Waals surface area contributed by atoms with Crippen molar-refractivity contribution in [3.05, 3.63) is 119 Å². The van der Waals surface area contributed by atoms with Gasteiger partial charge in [-0.05, 0) is 35.2 Å². The van der Waals surface area contributed by atoms with Gasteiger partial charge in [0.15, 0.2) is 0 Å². The average molecular weight is 577 g/mol. The lowest BCUT2D eigenvalue weighted by atomic mass is 9.88. The second-order valence-corrected chi connectivity index (χ2v) is 10.1. The third-order valence-corrected chi connectivity index (χ3v) is 7.30. The molecule has 8 nitrogen and oxygen atoms in total. The number of carbonyl (C=O) groups is 3. The van der Waals surface area contributed by atoms with Gasteiger partial charge in [0.1, 0.15) is 6.04 Å². The molecule has 3 aromatic carbocycles. The second-order valence-electron chi connectivity index (χ2n) is 10.1. The maximum absolute atomic E-state index is 14.2. The molecule has 0 radical (unpaired) electrons. The molecule has 0 bridgehead atoms. The summed E-state index contributed by atoms with van der Waals surface area (Å²) in [6, 6.07) is 21.7. The molecule has 2 N–H and O–H groups in total. The summed E-state index contributed by atoms with van der Waals surface area (Å²) in [6.07, 6.45) is -4.02. The summed E-state index contributed by atoms with van der Waals surface area (Å²) in [5.74, 6) is -5.52. The number of amides is 1. The number of alkyl halides is 3. The predicted molar refractivity (Wildman–Crippen MR) is 147 cm³/mol. The van der Waals surface area contributed by atoms with Gasteiger partial charge in [-0.25, -0.2) is 14.6 Å². The third kappa shape index (κ3) is 5.90. The van der Waals surface area contributed by atoms with E-state index in [1.54, 1.807) is 77.6 Å². The largest absolute Gasteiger partial charge is 0.491 e. The zero-order valence-electron chi connectivity index (χ0n) is 22.5. The van der Waals surface area contributed by atoms with Gasteiger partial charge >= 0.3 is 18.1 Å². The lowest BCUT2D eigenvalue weighted by molar-refractivity contribution is -0.203. The number of hydrogen-bond acceptors (Lipinski definition) is 6. The number of esters is 2. The first-order chi connectivity index (χ1) is 20.0. The first kappa shape index (κ1) is 28.6. The number of anilines is 1. The summed E-state index contributed by atoms with van der Waals surface area (Å²) in [5, 5.41) is 0. The van der Waals surface area contributed by atoms with E-state index in [-0.39, 0.29) is 13.0 Å². The van der Waals surface area contributed by atoms with Crippen molar-refractivity contribution in [2.24, 2.45) is 0 Å². The summed E-state index contributed by atoms with van der Waals surface area (Å²) in [7, 11) is 0. The maximum atomic E-state index is 14.2. The van der Waals surface area contributed by atoms with Crippen LogP contribution in [0.5, 0.6) is 0 Å². The Morgan fingerprint density at radius 1 is 1.00 bits per heavy atom. The van der Waals surface area contributed by atoms with Crippen LogP contribution in [-0.4, -0.2) is 44.5 Å². The predicted octanol–water partition coefficient (Wildman–Crippen LogP) is 4.54. The number of nitrogen functional groups attached to an aromatic ring is 1. The Hall–Kier alpha value is -4.93. The molecule has 1 aliphatic rings. The Kier molecular flexibility index (Phi) is 7.84. The van der Waals surface area contributed by atoms with Crippen molar-refractivity contribution in [2.45, 2.75) is 44.6 Å². The molecule has 0 aliphatic carbocycles. The van der Waals surface area contributed by atoms with Gasteiger partial charge in [-0.1, -0.05) is 72.8 Å². The molecule has 1 atom stereocenters. The van der Waals surface area contributed by atoms with Gasteiger partial charge in [0.2, 0.25) is 5.91 Å². The minimum absolute atomic E-state index is 0.169. The van der Waals surface area contributed by atoms with Gasteiger partial charge in [-0.2, -0.15) is 13.2 Å². The molecule has 42 heavy (non-hydrogen) atoms. The Balaban J connectivity index is 1.53. The molecular formula is C31H27F3N4O4. The van der Waals surface area contributed by atoms with E-state index in [0.717, 1.165) is 16.0 Å². The van der Waals surface area contributed by atoms with Crippen LogP contribution >= 0.6 is 0 Å². The summed E-state index contributed by atoms with van der Waals surface area (Å²) in [4.78, 5) is 44.7. The van der Waals surface area contributed by atoms with Gasteiger partial charge in [0, 0.05) is 24.3 Å². The Bertz CT molecular complexity index is 1580. The molecular weight excluding hydrogens is 549 g/mol. The number of carbonyl (C=O) groups excluding carboxylic acids is 3. The van der Waals surface area contributed by atoms with E-state index < -0.39 is 36.0 Å². The van der Waals surface area contributed by atoms with Gasteiger partial charge in [0.25, 0.3) is 0 Å². The molecule has 4 aromatic rings. The highest BCUT2D eigenvalue weighted by molar-refractivity contribution is 5.95. The number of aryl methyl sites for hydroxylation is 1. The van der Waals surface area contributed by atoms with Crippen LogP contribution in [0.2, 0.25) is 0 Å². The van der Waals surface area contributed by atoms with Crippen LogP contribution < -0.4 is 5.73 Å². The molecule has 0 fully saturated rings. The van der Waals surface area contributed by atoms with Crippen LogP contribution in [0.3, 0.4) is 0 Å². The first-order valence-corrected chi connectivity index (χ1v) is 13.1. The Morgan fingerprint density at radius 2 is 1.62 bits per heavy atom. The third-order valence-electron chi connectivity index (χ3n) is 7.30. The van der Waals surface area contributed by atoms with Gasteiger partial charge in [-0.3, -0.25) is 4.79 Å².